The van der Waals surface area contributed by atoms with Crippen LogP contribution < -0.4 is 5.73 Å². The predicted octanol–water partition coefficient (Wildman–Crippen LogP) is 4.00. The molecule has 0 fully saturated rings. The Hall–Kier alpha value is -1.75. The number of anilines is 1. The van der Waals surface area contributed by atoms with E-state index in [1.807, 2.05) is 0 Å². The molecule has 2 N–H and O–H groups in total. The van der Waals surface area contributed by atoms with Crippen molar-refractivity contribution in [2.75, 3.05) is 5.73 Å². The van der Waals surface area contributed by atoms with Gasteiger partial charge in [-0.2, -0.15) is 13.2 Å². The Kier molecular flexibility index (Phi) is 3.17. The van der Waals surface area contributed by atoms with Crippen LogP contribution in [0.5, 0.6) is 0 Å². The normalized spacial score (nSPS) is 11.6. The molecule has 18 heavy (non-hydrogen) atoms. The molecular formula is C12H8ClF3N2. The quantitative estimate of drug-likeness (QED) is 0.852. The van der Waals surface area contributed by atoms with Crippen molar-refractivity contribution < 1.29 is 13.2 Å². The van der Waals surface area contributed by atoms with Crippen LogP contribution in [0.25, 0.3) is 11.3 Å². The highest BCUT2D eigenvalue weighted by atomic mass is 35.5. The van der Waals surface area contributed by atoms with E-state index in [0.717, 1.165) is 12.1 Å². The molecule has 0 spiro atoms. The van der Waals surface area contributed by atoms with E-state index >= 15 is 0 Å². The molecule has 0 bridgehead atoms. The van der Waals surface area contributed by atoms with Gasteiger partial charge in [-0.1, -0.05) is 23.7 Å². The lowest BCUT2D eigenvalue weighted by molar-refractivity contribution is -0.137. The van der Waals surface area contributed by atoms with E-state index in [-0.39, 0.29) is 11.5 Å². The second kappa shape index (κ2) is 4.49. The van der Waals surface area contributed by atoms with Crippen LogP contribution in [0.15, 0.2) is 36.4 Å². The van der Waals surface area contributed by atoms with Crippen molar-refractivity contribution >= 4 is 17.4 Å². The molecule has 0 unspecified atom stereocenters. The van der Waals surface area contributed by atoms with Crippen molar-refractivity contribution in [1.82, 2.24) is 4.98 Å². The van der Waals surface area contributed by atoms with E-state index < -0.39 is 11.7 Å². The summed E-state index contributed by atoms with van der Waals surface area (Å²) in [6.45, 7) is 0. The Balaban J connectivity index is 2.55. The fourth-order valence-electron chi connectivity index (χ4n) is 1.51. The largest absolute Gasteiger partial charge is 0.416 e. The van der Waals surface area contributed by atoms with Crippen LogP contribution in [0.4, 0.5) is 19.0 Å². The summed E-state index contributed by atoms with van der Waals surface area (Å²) in [7, 11) is 0. The number of nitrogens with zero attached hydrogens (tertiary/aromatic N) is 1. The van der Waals surface area contributed by atoms with Gasteiger partial charge in [0.2, 0.25) is 0 Å². The molecule has 0 atom stereocenters. The van der Waals surface area contributed by atoms with Crippen LogP contribution in [0.3, 0.4) is 0 Å². The average Bonchev–Trinajstić information content (AvgIpc) is 2.27. The van der Waals surface area contributed by atoms with E-state index in [1.54, 1.807) is 18.2 Å². The summed E-state index contributed by atoms with van der Waals surface area (Å²) >= 11 is 5.78. The predicted molar refractivity (Wildman–Crippen MR) is 64.1 cm³/mol. The molecule has 2 nitrogen and oxygen atoms in total. The van der Waals surface area contributed by atoms with Gasteiger partial charge < -0.3 is 5.73 Å². The zero-order valence-corrected chi connectivity index (χ0v) is 9.76. The molecule has 0 amide bonds. The molecule has 6 heteroatoms. The van der Waals surface area contributed by atoms with Gasteiger partial charge in [0, 0.05) is 10.6 Å². The minimum Gasteiger partial charge on any atom is -0.384 e. The maximum Gasteiger partial charge on any atom is 0.416 e. The van der Waals surface area contributed by atoms with Crippen LogP contribution >= 0.6 is 11.6 Å². The summed E-state index contributed by atoms with van der Waals surface area (Å²) in [6.07, 6.45) is -4.45. The standard InChI is InChI=1S/C12H8ClF3N2/c13-9-3-1-2-7(4-9)10-5-8(12(14,15)16)6-11(17)18-10/h1-6H,(H2,17,18). The molecule has 0 radical (unpaired) electrons. The van der Waals surface area contributed by atoms with Crippen LogP contribution in [0.2, 0.25) is 5.02 Å². The number of nitrogens with two attached hydrogens (primary N) is 1. The Morgan fingerprint density at radius 3 is 2.44 bits per heavy atom. The molecule has 2 aromatic rings. The maximum atomic E-state index is 12.6. The van der Waals surface area contributed by atoms with Crippen molar-refractivity contribution in [3.63, 3.8) is 0 Å². The number of aromatic nitrogens is 1. The summed E-state index contributed by atoms with van der Waals surface area (Å²) < 4.78 is 37.9. The number of pyridine rings is 1. The van der Waals surface area contributed by atoms with Gasteiger partial charge in [0.05, 0.1) is 11.3 Å². The smallest absolute Gasteiger partial charge is 0.384 e. The molecule has 0 aliphatic heterocycles. The van der Waals surface area contributed by atoms with E-state index in [9.17, 15) is 13.2 Å². The fraction of sp³-hybridized carbons (Fsp3) is 0.0833. The summed E-state index contributed by atoms with van der Waals surface area (Å²) in [5.74, 6) is -0.181. The SMILES string of the molecule is Nc1cc(C(F)(F)F)cc(-c2cccc(Cl)c2)n1. The van der Waals surface area contributed by atoms with Crippen molar-refractivity contribution in [3.8, 4) is 11.3 Å². The molecule has 1 heterocycles. The van der Waals surface area contributed by atoms with E-state index in [1.165, 1.54) is 6.07 Å². The monoisotopic (exact) mass is 272 g/mol. The number of hydrogen-bond donors (Lipinski definition) is 1. The average molecular weight is 273 g/mol. The summed E-state index contributed by atoms with van der Waals surface area (Å²) in [5, 5.41) is 0.422. The lowest BCUT2D eigenvalue weighted by Gasteiger charge is -2.10. The van der Waals surface area contributed by atoms with E-state index in [2.05, 4.69) is 4.98 Å². The summed E-state index contributed by atoms with van der Waals surface area (Å²) in [4.78, 5) is 3.88. The Morgan fingerprint density at radius 1 is 1.11 bits per heavy atom. The number of rotatable bonds is 1. The second-order valence-electron chi connectivity index (χ2n) is 3.67. The third-order valence-electron chi connectivity index (χ3n) is 2.29. The van der Waals surface area contributed by atoms with Gasteiger partial charge in [0.1, 0.15) is 5.82 Å². The molecule has 0 saturated heterocycles. The second-order valence-corrected chi connectivity index (χ2v) is 4.11. The zero-order valence-electron chi connectivity index (χ0n) is 9.00. The number of hydrogen-bond acceptors (Lipinski definition) is 2. The van der Waals surface area contributed by atoms with Gasteiger partial charge in [-0.3, -0.25) is 0 Å². The molecule has 0 aliphatic carbocycles. The van der Waals surface area contributed by atoms with Gasteiger partial charge in [-0.05, 0) is 24.3 Å². The lowest BCUT2D eigenvalue weighted by atomic mass is 10.1. The third-order valence-corrected chi connectivity index (χ3v) is 2.53. The Bertz CT molecular complexity index is 582. The number of benzene rings is 1. The highest BCUT2D eigenvalue weighted by molar-refractivity contribution is 6.30. The number of nitrogen functional groups attached to an aromatic ring is 1. The van der Waals surface area contributed by atoms with Gasteiger partial charge in [-0.15, -0.1) is 0 Å². The minimum atomic E-state index is -4.45. The first-order valence-electron chi connectivity index (χ1n) is 4.97. The van der Waals surface area contributed by atoms with Crippen molar-refractivity contribution in [3.05, 3.63) is 47.0 Å². The maximum absolute atomic E-state index is 12.6. The zero-order chi connectivity index (χ0) is 13.3. The van der Waals surface area contributed by atoms with Crippen LogP contribution in [-0.4, -0.2) is 4.98 Å². The lowest BCUT2D eigenvalue weighted by Crippen LogP contribution is -2.07. The highest BCUT2D eigenvalue weighted by Crippen LogP contribution is 2.33. The highest BCUT2D eigenvalue weighted by Gasteiger charge is 2.31. The molecule has 0 saturated carbocycles. The van der Waals surface area contributed by atoms with Gasteiger partial charge in [0.15, 0.2) is 0 Å². The van der Waals surface area contributed by atoms with Crippen molar-refractivity contribution in [2.45, 2.75) is 6.18 Å². The van der Waals surface area contributed by atoms with Crippen molar-refractivity contribution in [2.24, 2.45) is 0 Å². The van der Waals surface area contributed by atoms with Crippen LogP contribution in [0.1, 0.15) is 5.56 Å². The van der Waals surface area contributed by atoms with Crippen LogP contribution in [0, 0.1) is 0 Å². The first-order chi connectivity index (χ1) is 8.36. The molecule has 94 valence electrons. The van der Waals surface area contributed by atoms with Gasteiger partial charge in [-0.25, -0.2) is 4.98 Å². The molecule has 0 aliphatic rings. The Morgan fingerprint density at radius 2 is 1.83 bits per heavy atom. The third kappa shape index (κ3) is 2.73. The van der Waals surface area contributed by atoms with E-state index in [4.69, 9.17) is 17.3 Å². The number of alkyl halides is 3. The van der Waals surface area contributed by atoms with Gasteiger partial charge >= 0.3 is 6.18 Å². The fourth-order valence-corrected chi connectivity index (χ4v) is 1.70. The molecule has 1 aromatic heterocycles. The molecular weight excluding hydrogens is 265 g/mol. The van der Waals surface area contributed by atoms with Gasteiger partial charge in [0.25, 0.3) is 0 Å². The summed E-state index contributed by atoms with van der Waals surface area (Å²) in [6, 6.07) is 8.16. The molecule has 1 aromatic carbocycles. The van der Waals surface area contributed by atoms with E-state index in [0.29, 0.717) is 10.6 Å². The summed E-state index contributed by atoms with van der Waals surface area (Å²) in [5.41, 5.74) is 5.19. The number of halogens is 4. The minimum absolute atomic E-state index is 0.143. The van der Waals surface area contributed by atoms with Crippen LogP contribution in [-0.2, 0) is 6.18 Å². The Labute approximate surface area is 106 Å². The van der Waals surface area contributed by atoms with Crippen molar-refractivity contribution in [1.29, 1.82) is 0 Å². The molecule has 2 rings (SSSR count). The first kappa shape index (κ1) is 12.7. The topological polar surface area (TPSA) is 38.9 Å². The first-order valence-corrected chi connectivity index (χ1v) is 5.35.